The van der Waals surface area contributed by atoms with Crippen LogP contribution in [-0.2, 0) is 9.53 Å². The van der Waals surface area contributed by atoms with E-state index in [1.807, 2.05) is 18.2 Å². The molecular weight excluding hydrogens is 252 g/mol. The normalized spacial score (nSPS) is 12.2. The molecule has 0 fully saturated rings. The third kappa shape index (κ3) is 5.72. The molecule has 0 aliphatic carbocycles. The van der Waals surface area contributed by atoms with Gasteiger partial charge in [-0.15, -0.1) is 0 Å². The van der Waals surface area contributed by atoms with Crippen LogP contribution in [0.3, 0.4) is 0 Å². The van der Waals surface area contributed by atoms with E-state index in [0.29, 0.717) is 13.0 Å². The Hall–Kier alpha value is -1.39. The van der Waals surface area contributed by atoms with E-state index >= 15 is 0 Å². The maximum Gasteiger partial charge on any atom is 0.224 e. The Kier molecular flexibility index (Phi) is 7.92. The summed E-state index contributed by atoms with van der Waals surface area (Å²) in [6, 6.07) is 8.18. The van der Waals surface area contributed by atoms with Crippen molar-refractivity contribution in [2.75, 3.05) is 25.6 Å². The minimum absolute atomic E-state index is 0.0391. The highest BCUT2D eigenvalue weighted by Crippen LogP contribution is 2.22. The molecule has 0 heterocycles. The predicted molar refractivity (Wildman–Crippen MR) is 82.9 cm³/mol. The van der Waals surface area contributed by atoms with Crippen LogP contribution in [0.25, 0.3) is 0 Å². The first-order valence-corrected chi connectivity index (χ1v) is 7.30. The lowest BCUT2D eigenvalue weighted by molar-refractivity contribution is -0.116. The number of hydrogen-bond acceptors (Lipinski definition) is 3. The summed E-state index contributed by atoms with van der Waals surface area (Å²) < 4.78 is 4.96. The summed E-state index contributed by atoms with van der Waals surface area (Å²) in [6.07, 6.45) is 2.32. The number of anilines is 1. The lowest BCUT2D eigenvalue weighted by Gasteiger charge is -2.18. The van der Waals surface area contributed by atoms with Crippen LogP contribution in [0, 0.1) is 0 Å². The Morgan fingerprint density at radius 2 is 2.10 bits per heavy atom. The molecule has 4 nitrogen and oxygen atoms in total. The van der Waals surface area contributed by atoms with Gasteiger partial charge < -0.3 is 15.4 Å². The van der Waals surface area contributed by atoms with Gasteiger partial charge in [0.2, 0.25) is 5.91 Å². The van der Waals surface area contributed by atoms with Gasteiger partial charge in [0.1, 0.15) is 0 Å². The number of hydrogen-bond donors (Lipinski definition) is 2. The largest absolute Gasteiger partial charge is 0.385 e. The van der Waals surface area contributed by atoms with E-state index in [4.69, 9.17) is 4.74 Å². The number of ether oxygens (including phenoxy) is 1. The quantitative estimate of drug-likeness (QED) is 0.682. The van der Waals surface area contributed by atoms with Crippen molar-refractivity contribution in [1.29, 1.82) is 0 Å². The van der Waals surface area contributed by atoms with Crippen LogP contribution in [0.2, 0.25) is 0 Å². The van der Waals surface area contributed by atoms with Crippen LogP contribution < -0.4 is 10.6 Å². The van der Waals surface area contributed by atoms with Gasteiger partial charge in [-0.25, -0.2) is 0 Å². The summed E-state index contributed by atoms with van der Waals surface area (Å²) in [4.78, 5) is 11.9. The first-order valence-electron chi connectivity index (χ1n) is 7.30. The zero-order valence-corrected chi connectivity index (χ0v) is 12.7. The van der Waals surface area contributed by atoms with E-state index in [0.717, 1.165) is 30.6 Å². The van der Waals surface area contributed by atoms with E-state index in [2.05, 4.69) is 30.5 Å². The van der Waals surface area contributed by atoms with Gasteiger partial charge in [-0.2, -0.15) is 0 Å². The molecule has 20 heavy (non-hydrogen) atoms. The van der Waals surface area contributed by atoms with Crippen LogP contribution in [0.1, 0.15) is 44.7 Å². The number of methoxy groups -OCH3 is 1. The lowest BCUT2D eigenvalue weighted by Crippen LogP contribution is -2.21. The fourth-order valence-electron chi connectivity index (χ4n) is 2.05. The third-order valence-corrected chi connectivity index (χ3v) is 3.15. The predicted octanol–water partition coefficient (Wildman–Crippen LogP) is 3.11. The fraction of sp³-hybridized carbons (Fsp3) is 0.562. The molecule has 0 bridgehead atoms. The number of rotatable bonds is 9. The molecule has 0 saturated carbocycles. The molecule has 1 aromatic rings. The molecule has 2 N–H and O–H groups in total. The van der Waals surface area contributed by atoms with E-state index in [9.17, 15) is 4.79 Å². The highest BCUT2D eigenvalue weighted by molar-refractivity contribution is 5.91. The standard InChI is InChI=1S/C16H26N2O2/c1-4-11-17-13(2)14-8-5-6-9-15(14)18-16(19)10-7-12-20-3/h5-6,8-9,13,17H,4,7,10-12H2,1-3H3,(H,18,19). The maximum absolute atomic E-state index is 11.9. The number of carbonyl (C=O) groups excluding carboxylic acids is 1. The summed E-state index contributed by atoms with van der Waals surface area (Å²) in [5.74, 6) is 0.0391. The second-order valence-electron chi connectivity index (χ2n) is 4.91. The molecule has 1 unspecified atom stereocenters. The van der Waals surface area contributed by atoms with E-state index < -0.39 is 0 Å². The smallest absolute Gasteiger partial charge is 0.224 e. The molecule has 1 atom stereocenters. The van der Waals surface area contributed by atoms with Crippen LogP contribution in [0.4, 0.5) is 5.69 Å². The lowest BCUT2D eigenvalue weighted by atomic mass is 10.1. The van der Waals surface area contributed by atoms with Gasteiger partial charge in [-0.1, -0.05) is 25.1 Å². The van der Waals surface area contributed by atoms with Gasteiger partial charge in [-0.3, -0.25) is 4.79 Å². The van der Waals surface area contributed by atoms with Crippen molar-refractivity contribution < 1.29 is 9.53 Å². The third-order valence-electron chi connectivity index (χ3n) is 3.15. The molecule has 4 heteroatoms. The van der Waals surface area contributed by atoms with Crippen LogP contribution in [0.5, 0.6) is 0 Å². The highest BCUT2D eigenvalue weighted by Gasteiger charge is 2.11. The van der Waals surface area contributed by atoms with Crippen molar-refractivity contribution in [3.63, 3.8) is 0 Å². The van der Waals surface area contributed by atoms with Crippen molar-refractivity contribution in [3.8, 4) is 0 Å². The Morgan fingerprint density at radius 3 is 2.80 bits per heavy atom. The maximum atomic E-state index is 11.9. The molecule has 1 rings (SSSR count). The molecule has 0 spiro atoms. The van der Waals surface area contributed by atoms with Crippen molar-refractivity contribution in [2.24, 2.45) is 0 Å². The Bertz CT molecular complexity index is 407. The van der Waals surface area contributed by atoms with Gasteiger partial charge in [-0.05, 0) is 37.9 Å². The molecule has 0 aliphatic heterocycles. The zero-order valence-electron chi connectivity index (χ0n) is 12.7. The Morgan fingerprint density at radius 1 is 1.35 bits per heavy atom. The van der Waals surface area contributed by atoms with Gasteiger partial charge in [0.25, 0.3) is 0 Å². The molecular formula is C16H26N2O2. The molecule has 0 aromatic heterocycles. The summed E-state index contributed by atoms with van der Waals surface area (Å²) in [5.41, 5.74) is 2.02. The van der Waals surface area contributed by atoms with Gasteiger partial charge in [0.05, 0.1) is 0 Å². The molecule has 0 aliphatic rings. The highest BCUT2D eigenvalue weighted by atomic mass is 16.5. The minimum Gasteiger partial charge on any atom is -0.385 e. The van der Waals surface area contributed by atoms with Crippen LogP contribution in [-0.4, -0.2) is 26.2 Å². The summed E-state index contributed by atoms with van der Waals surface area (Å²) in [6.45, 7) is 5.84. The average Bonchev–Trinajstić information content (AvgIpc) is 2.45. The average molecular weight is 278 g/mol. The summed E-state index contributed by atoms with van der Waals surface area (Å²) >= 11 is 0. The first kappa shape index (κ1) is 16.7. The van der Waals surface area contributed by atoms with E-state index in [-0.39, 0.29) is 11.9 Å². The SMILES string of the molecule is CCCNC(C)c1ccccc1NC(=O)CCCOC. The number of para-hydroxylation sites is 1. The van der Waals surface area contributed by atoms with Crippen LogP contribution >= 0.6 is 0 Å². The topological polar surface area (TPSA) is 50.4 Å². The monoisotopic (exact) mass is 278 g/mol. The number of amides is 1. The molecule has 0 saturated heterocycles. The van der Waals surface area contributed by atoms with Gasteiger partial charge >= 0.3 is 0 Å². The van der Waals surface area contributed by atoms with E-state index in [1.165, 1.54) is 0 Å². The molecule has 1 amide bonds. The number of benzene rings is 1. The molecule has 1 aromatic carbocycles. The fourth-order valence-corrected chi connectivity index (χ4v) is 2.05. The van der Waals surface area contributed by atoms with Gasteiger partial charge in [0, 0.05) is 31.9 Å². The van der Waals surface area contributed by atoms with Crippen molar-refractivity contribution in [1.82, 2.24) is 5.32 Å². The molecule has 112 valence electrons. The Balaban J connectivity index is 2.62. The van der Waals surface area contributed by atoms with Crippen LogP contribution in [0.15, 0.2) is 24.3 Å². The van der Waals surface area contributed by atoms with E-state index in [1.54, 1.807) is 7.11 Å². The molecule has 0 radical (unpaired) electrons. The Labute approximate surface area is 121 Å². The van der Waals surface area contributed by atoms with Crippen molar-refractivity contribution in [3.05, 3.63) is 29.8 Å². The van der Waals surface area contributed by atoms with Crippen molar-refractivity contribution >= 4 is 11.6 Å². The minimum atomic E-state index is 0.0391. The van der Waals surface area contributed by atoms with Crippen molar-refractivity contribution in [2.45, 2.75) is 39.2 Å². The summed E-state index contributed by atoms with van der Waals surface area (Å²) in [7, 11) is 1.65. The zero-order chi connectivity index (χ0) is 14.8. The summed E-state index contributed by atoms with van der Waals surface area (Å²) in [5, 5.41) is 6.44. The number of carbonyl (C=O) groups is 1. The first-order chi connectivity index (χ1) is 9.69. The van der Waals surface area contributed by atoms with Gasteiger partial charge in [0.15, 0.2) is 0 Å². The second-order valence-corrected chi connectivity index (χ2v) is 4.91. The number of nitrogens with one attached hydrogen (secondary N) is 2. The second kappa shape index (κ2) is 9.50.